The Labute approximate surface area is 59.6 Å². The van der Waals surface area contributed by atoms with Gasteiger partial charge in [0.25, 0.3) is 0 Å². The van der Waals surface area contributed by atoms with E-state index in [0.29, 0.717) is 5.41 Å². The van der Waals surface area contributed by atoms with E-state index >= 15 is 0 Å². The summed E-state index contributed by atoms with van der Waals surface area (Å²) in [5.74, 6) is 0. The van der Waals surface area contributed by atoms with E-state index in [1.807, 2.05) is 0 Å². The summed E-state index contributed by atoms with van der Waals surface area (Å²) in [6.45, 7) is 2.11. The minimum Gasteiger partial charge on any atom is -0.210 e. The van der Waals surface area contributed by atoms with Crippen LogP contribution in [-0.2, 0) is 0 Å². The molecule has 0 aliphatic heterocycles. The molecule has 3 aliphatic rings. The van der Waals surface area contributed by atoms with Crippen molar-refractivity contribution in [3.63, 3.8) is 0 Å². The average Bonchev–Trinajstić information content (AvgIpc) is 1.57. The fourth-order valence-corrected chi connectivity index (χ4v) is 2.69. The molecule has 3 aliphatic carbocycles. The lowest BCUT2D eigenvalue weighted by atomic mass is 9.34. The van der Waals surface area contributed by atoms with E-state index in [9.17, 15) is 8.78 Å². The lowest BCUT2D eigenvalue weighted by Crippen LogP contribution is -2.64. The molecule has 0 aromatic rings. The second-order valence-corrected chi connectivity index (χ2v) is 4.05. The number of rotatable bonds is 2. The molecule has 0 atom stereocenters. The fraction of sp³-hybridized carbons (Fsp3) is 1.00. The molecule has 0 N–H and O–H groups in total. The quantitative estimate of drug-likeness (QED) is 0.562. The highest BCUT2D eigenvalue weighted by atomic mass is 19.3. The van der Waals surface area contributed by atoms with Gasteiger partial charge in [-0.1, -0.05) is 13.3 Å². The van der Waals surface area contributed by atoms with E-state index in [4.69, 9.17) is 0 Å². The molecule has 0 heterocycles. The first kappa shape index (κ1) is 6.56. The normalized spacial score (nSPS) is 50.4. The van der Waals surface area contributed by atoms with Crippen molar-refractivity contribution in [2.45, 2.75) is 39.0 Å². The molecule has 0 saturated heterocycles. The second kappa shape index (κ2) is 1.54. The molecule has 10 heavy (non-hydrogen) atoms. The predicted molar refractivity (Wildman–Crippen MR) is 35.0 cm³/mol. The van der Waals surface area contributed by atoms with Crippen LogP contribution in [-0.4, -0.2) is 6.43 Å². The Morgan fingerprint density at radius 1 is 1.30 bits per heavy atom. The third-order valence-corrected chi connectivity index (χ3v) is 3.39. The van der Waals surface area contributed by atoms with Gasteiger partial charge in [-0.15, -0.1) is 0 Å². The van der Waals surface area contributed by atoms with Gasteiger partial charge in [0.2, 0.25) is 6.43 Å². The van der Waals surface area contributed by atoms with Crippen molar-refractivity contribution in [1.29, 1.82) is 0 Å². The van der Waals surface area contributed by atoms with Gasteiger partial charge in [-0.3, -0.25) is 0 Å². The minimum atomic E-state index is -2.05. The third kappa shape index (κ3) is 0.513. The summed E-state index contributed by atoms with van der Waals surface area (Å²) >= 11 is 0. The molecular formula is C8H12F2. The van der Waals surface area contributed by atoms with Crippen molar-refractivity contribution in [1.82, 2.24) is 0 Å². The van der Waals surface area contributed by atoms with Crippen molar-refractivity contribution in [3.8, 4) is 0 Å². The van der Waals surface area contributed by atoms with Gasteiger partial charge in [-0.05, 0) is 24.7 Å². The highest BCUT2D eigenvalue weighted by Crippen LogP contribution is 2.76. The molecule has 0 spiro atoms. The largest absolute Gasteiger partial charge is 0.244 e. The van der Waals surface area contributed by atoms with Gasteiger partial charge in [0.05, 0.1) is 0 Å². The molecule has 0 aromatic carbocycles. The van der Waals surface area contributed by atoms with Crippen molar-refractivity contribution in [3.05, 3.63) is 0 Å². The van der Waals surface area contributed by atoms with Gasteiger partial charge in [0.1, 0.15) is 0 Å². The van der Waals surface area contributed by atoms with E-state index in [-0.39, 0.29) is 0 Å². The van der Waals surface area contributed by atoms with Gasteiger partial charge in [0, 0.05) is 5.41 Å². The van der Waals surface area contributed by atoms with Crippen molar-refractivity contribution >= 4 is 0 Å². The second-order valence-electron chi connectivity index (χ2n) is 4.05. The molecule has 3 saturated carbocycles. The SMILES string of the molecule is CCC12CC(C(F)F)(C1)C2. The molecule has 2 heteroatoms. The van der Waals surface area contributed by atoms with E-state index in [1.165, 1.54) is 0 Å². The topological polar surface area (TPSA) is 0 Å². The lowest BCUT2D eigenvalue weighted by Gasteiger charge is -2.70. The number of hydrogen-bond donors (Lipinski definition) is 0. The van der Waals surface area contributed by atoms with Crippen molar-refractivity contribution < 1.29 is 8.78 Å². The molecule has 0 amide bonds. The summed E-state index contributed by atoms with van der Waals surface area (Å²) in [5, 5.41) is 0. The van der Waals surface area contributed by atoms with Crippen molar-refractivity contribution in [2.75, 3.05) is 0 Å². The van der Waals surface area contributed by atoms with E-state index in [0.717, 1.165) is 25.7 Å². The highest BCUT2D eigenvalue weighted by molar-refractivity contribution is 5.17. The fourth-order valence-electron chi connectivity index (χ4n) is 2.69. The van der Waals surface area contributed by atoms with Gasteiger partial charge in [-0.25, -0.2) is 8.78 Å². The molecule has 2 bridgehead atoms. The molecule has 58 valence electrons. The molecular weight excluding hydrogens is 134 g/mol. The maximum absolute atomic E-state index is 12.2. The summed E-state index contributed by atoms with van der Waals surface area (Å²) in [7, 11) is 0. The number of alkyl halides is 2. The van der Waals surface area contributed by atoms with Gasteiger partial charge in [-0.2, -0.15) is 0 Å². The van der Waals surface area contributed by atoms with Gasteiger partial charge < -0.3 is 0 Å². The molecule has 3 fully saturated rings. The van der Waals surface area contributed by atoms with Crippen LogP contribution in [0.25, 0.3) is 0 Å². The van der Waals surface area contributed by atoms with Crippen LogP contribution in [0.1, 0.15) is 32.6 Å². The Kier molecular flexibility index (Phi) is 1.01. The molecule has 0 radical (unpaired) electrons. The molecule has 0 unspecified atom stereocenters. The Morgan fingerprint density at radius 2 is 1.80 bits per heavy atom. The van der Waals surface area contributed by atoms with E-state index in [2.05, 4.69) is 6.92 Å². The van der Waals surface area contributed by atoms with Crippen molar-refractivity contribution in [2.24, 2.45) is 10.8 Å². The molecule has 0 nitrogen and oxygen atoms in total. The first-order valence-corrected chi connectivity index (χ1v) is 3.91. The third-order valence-electron chi connectivity index (χ3n) is 3.39. The Morgan fingerprint density at radius 3 is 2.10 bits per heavy atom. The van der Waals surface area contributed by atoms with E-state index < -0.39 is 11.8 Å². The van der Waals surface area contributed by atoms with Crippen LogP contribution in [0.3, 0.4) is 0 Å². The highest BCUT2D eigenvalue weighted by Gasteiger charge is 2.70. The zero-order chi connectivity index (χ0) is 7.41. The van der Waals surface area contributed by atoms with E-state index in [1.54, 1.807) is 0 Å². The lowest BCUT2D eigenvalue weighted by molar-refractivity contribution is -0.267. The molecule has 0 aromatic heterocycles. The first-order valence-electron chi connectivity index (χ1n) is 3.91. The van der Waals surface area contributed by atoms with Crippen LogP contribution in [0.4, 0.5) is 8.78 Å². The summed E-state index contributed by atoms with van der Waals surface area (Å²) in [6, 6.07) is 0. The van der Waals surface area contributed by atoms with Crippen LogP contribution in [0.15, 0.2) is 0 Å². The molecule has 3 rings (SSSR count). The maximum Gasteiger partial charge on any atom is 0.244 e. The minimum absolute atomic E-state index is 0.371. The summed E-state index contributed by atoms with van der Waals surface area (Å²) in [4.78, 5) is 0. The summed E-state index contributed by atoms with van der Waals surface area (Å²) < 4.78 is 24.4. The number of hydrogen-bond acceptors (Lipinski definition) is 0. The summed E-state index contributed by atoms with van der Waals surface area (Å²) in [5.41, 5.74) is -0.132. The van der Waals surface area contributed by atoms with Crippen LogP contribution in [0.2, 0.25) is 0 Å². The van der Waals surface area contributed by atoms with Crippen LogP contribution >= 0.6 is 0 Å². The van der Waals surface area contributed by atoms with Crippen LogP contribution in [0.5, 0.6) is 0 Å². The van der Waals surface area contributed by atoms with Crippen LogP contribution in [0, 0.1) is 10.8 Å². The Balaban J connectivity index is 1.98. The van der Waals surface area contributed by atoms with Gasteiger partial charge in [0.15, 0.2) is 0 Å². The Hall–Kier alpha value is -0.140. The maximum atomic E-state index is 12.2. The zero-order valence-electron chi connectivity index (χ0n) is 6.16. The Bertz CT molecular complexity index is 143. The average molecular weight is 146 g/mol. The number of halogens is 2. The summed E-state index contributed by atoms with van der Waals surface area (Å²) in [6.07, 6.45) is 1.44. The van der Waals surface area contributed by atoms with Gasteiger partial charge >= 0.3 is 0 Å². The smallest absolute Gasteiger partial charge is 0.210 e. The first-order chi connectivity index (χ1) is 4.63. The predicted octanol–water partition coefficient (Wildman–Crippen LogP) is 2.83. The van der Waals surface area contributed by atoms with Crippen LogP contribution < -0.4 is 0 Å². The standard InChI is InChI=1S/C8H12F2/c1-2-7-3-8(4-7,5-7)6(9)10/h6H,2-5H2,1H3. The monoisotopic (exact) mass is 146 g/mol. The zero-order valence-corrected chi connectivity index (χ0v) is 6.16.